The van der Waals surface area contributed by atoms with E-state index in [-0.39, 0.29) is 5.92 Å². The van der Waals surface area contributed by atoms with Crippen LogP contribution in [0.2, 0.25) is 18.1 Å². The monoisotopic (exact) mass is 382 g/mol. The fraction of sp³-hybridized carbons (Fsp3) is 0.857. The molecular weight excluding hydrogens is 361 g/mol. The largest absolute Gasteiger partial charge is 0.439 e. The molecule has 0 aliphatic carbocycles. The summed E-state index contributed by atoms with van der Waals surface area (Å²) in [4.78, 5) is 23.8. The summed E-state index contributed by atoms with van der Waals surface area (Å²) in [5, 5.41) is -1.75. The number of ketones is 1. The van der Waals surface area contributed by atoms with E-state index in [0.717, 1.165) is 0 Å². The molecule has 0 unspecified atom stereocenters. The highest BCUT2D eigenvalue weighted by Crippen LogP contribution is 2.49. The molecule has 0 spiro atoms. The van der Waals surface area contributed by atoms with Gasteiger partial charge < -0.3 is 4.79 Å². The van der Waals surface area contributed by atoms with E-state index in [2.05, 4.69) is 0 Å². The Morgan fingerprint density at radius 3 is 1.46 bits per heavy atom. The Bertz CT molecular complexity index is 490. The van der Waals surface area contributed by atoms with Gasteiger partial charge in [-0.15, -0.1) is 0 Å². The number of Topliss-reactive ketones (excluding diaryl/α,β-unsaturated/α-hetero) is 1. The first kappa shape index (κ1) is 23.1. The van der Waals surface area contributed by atoms with Gasteiger partial charge in [-0.05, 0) is 11.0 Å². The number of halogens is 7. The van der Waals surface area contributed by atoms with Crippen molar-refractivity contribution in [2.75, 3.05) is 0 Å². The zero-order valence-corrected chi connectivity index (χ0v) is 15.2. The van der Waals surface area contributed by atoms with Crippen LogP contribution in [-0.4, -0.2) is 37.3 Å². The van der Waals surface area contributed by atoms with Gasteiger partial charge in [0.05, 0.1) is 6.42 Å². The van der Waals surface area contributed by atoms with Gasteiger partial charge in [-0.2, -0.15) is 26.3 Å². The third-order valence-corrected chi connectivity index (χ3v) is 10.6. The van der Waals surface area contributed by atoms with Crippen molar-refractivity contribution in [3.8, 4) is 0 Å². The molecule has 142 valence electrons. The molecule has 0 saturated carbocycles. The van der Waals surface area contributed by atoms with Gasteiger partial charge >= 0.3 is 18.0 Å². The summed E-state index contributed by atoms with van der Waals surface area (Å²) >= 11 is 0. The van der Waals surface area contributed by atoms with Gasteiger partial charge in [0.2, 0.25) is 0 Å². The zero-order chi connectivity index (χ0) is 19.9. The summed E-state index contributed by atoms with van der Waals surface area (Å²) in [7, 11) is -3.12. The summed E-state index contributed by atoms with van der Waals surface area (Å²) in [6, 6.07) is 0. The maximum absolute atomic E-state index is 13.7. The van der Waals surface area contributed by atoms with Crippen molar-refractivity contribution in [1.29, 1.82) is 0 Å². The van der Waals surface area contributed by atoms with Crippen molar-refractivity contribution in [2.45, 2.75) is 70.3 Å². The molecule has 0 aliphatic rings. The molecule has 0 radical (unpaired) electrons. The van der Waals surface area contributed by atoms with E-state index in [9.17, 15) is 40.3 Å². The van der Waals surface area contributed by atoms with Gasteiger partial charge in [0.15, 0.2) is 5.78 Å². The molecule has 0 rings (SSSR count). The Morgan fingerprint density at radius 1 is 0.875 bits per heavy atom. The first-order valence-corrected chi connectivity index (χ1v) is 10.1. The second-order valence-electron chi connectivity index (χ2n) is 7.18. The molecule has 10 heteroatoms. The second-order valence-corrected chi connectivity index (χ2v) is 12.3. The lowest BCUT2D eigenvalue weighted by Gasteiger charge is -2.42. The van der Waals surface area contributed by atoms with Crippen molar-refractivity contribution in [1.82, 2.24) is 0 Å². The Kier molecular flexibility index (Phi) is 6.17. The van der Waals surface area contributed by atoms with E-state index in [0.29, 0.717) is 0 Å². The van der Waals surface area contributed by atoms with Crippen LogP contribution in [0.25, 0.3) is 0 Å². The van der Waals surface area contributed by atoms with E-state index < -0.39 is 48.7 Å². The molecule has 0 fully saturated rings. The summed E-state index contributed by atoms with van der Waals surface area (Å²) in [6.45, 7) is 9.70. The summed E-state index contributed by atoms with van der Waals surface area (Å²) in [5.74, 6) is -2.92. The highest BCUT2D eigenvalue weighted by atomic mass is 28.3. The van der Waals surface area contributed by atoms with Gasteiger partial charge in [0, 0.05) is 0 Å². The van der Waals surface area contributed by atoms with Crippen LogP contribution < -0.4 is 0 Å². The van der Waals surface area contributed by atoms with Gasteiger partial charge in [-0.1, -0.05) is 40.8 Å². The number of hydrogen-bond donors (Lipinski definition) is 0. The van der Waals surface area contributed by atoms with Gasteiger partial charge in [0.1, 0.15) is 13.5 Å². The maximum Gasteiger partial charge on any atom is 0.439 e. The number of carbonyl (C=O) groups excluding carboxylic acids is 2. The van der Waals surface area contributed by atoms with Crippen LogP contribution in [0.3, 0.4) is 0 Å². The molecule has 24 heavy (non-hydrogen) atoms. The Hall–Kier alpha value is -0.933. The molecule has 0 heterocycles. The number of rotatable bonds is 6. The van der Waals surface area contributed by atoms with Gasteiger partial charge in [-0.25, -0.2) is 4.39 Å². The molecule has 0 aromatic carbocycles. The lowest BCUT2D eigenvalue weighted by molar-refractivity contribution is -0.324. The molecule has 0 aliphatic heterocycles. The SMILES string of the molecule is CC(C)C(C)(C)[Si](C)(C)C(=O)CC(=O)C(F)(C(F)(F)F)C(F)(F)F. The van der Waals surface area contributed by atoms with Crippen LogP contribution in [0.5, 0.6) is 0 Å². The number of alkyl halides is 7. The van der Waals surface area contributed by atoms with Crippen LogP contribution in [0.15, 0.2) is 0 Å². The lowest BCUT2D eigenvalue weighted by Crippen LogP contribution is -2.60. The maximum atomic E-state index is 13.7. The Balaban J connectivity index is 5.77. The fourth-order valence-corrected chi connectivity index (χ4v) is 4.81. The molecular formula is C14H21F7O2Si. The zero-order valence-electron chi connectivity index (χ0n) is 14.2. The van der Waals surface area contributed by atoms with E-state index >= 15 is 0 Å². The van der Waals surface area contributed by atoms with E-state index in [1.165, 1.54) is 13.1 Å². The summed E-state index contributed by atoms with van der Waals surface area (Å²) < 4.78 is 88.9. The van der Waals surface area contributed by atoms with Gasteiger partial charge in [-0.3, -0.25) is 4.79 Å². The highest BCUT2D eigenvalue weighted by Gasteiger charge is 2.77. The highest BCUT2D eigenvalue weighted by molar-refractivity contribution is 7.06. The quantitative estimate of drug-likeness (QED) is 0.367. The molecule has 0 aromatic heterocycles. The smallest absolute Gasteiger partial charge is 0.305 e. The molecule has 0 atom stereocenters. The molecule has 0 bridgehead atoms. The topological polar surface area (TPSA) is 34.1 Å². The van der Waals surface area contributed by atoms with Crippen molar-refractivity contribution < 1.29 is 40.3 Å². The Labute approximate surface area is 136 Å². The number of hydrogen-bond acceptors (Lipinski definition) is 2. The predicted molar refractivity (Wildman–Crippen MR) is 76.9 cm³/mol. The van der Waals surface area contributed by atoms with Crippen molar-refractivity contribution in [2.24, 2.45) is 5.92 Å². The third kappa shape index (κ3) is 3.67. The molecule has 0 saturated heterocycles. The molecule has 0 aromatic rings. The van der Waals surface area contributed by atoms with E-state index in [1.54, 1.807) is 27.7 Å². The van der Waals surface area contributed by atoms with Crippen molar-refractivity contribution in [3.05, 3.63) is 0 Å². The van der Waals surface area contributed by atoms with Crippen LogP contribution in [-0.2, 0) is 9.59 Å². The molecule has 2 nitrogen and oxygen atoms in total. The minimum Gasteiger partial charge on any atom is -0.305 e. The van der Waals surface area contributed by atoms with Gasteiger partial charge in [0.25, 0.3) is 0 Å². The summed E-state index contributed by atoms with van der Waals surface area (Å²) in [5.41, 5.74) is -6.04. The van der Waals surface area contributed by atoms with E-state index in [4.69, 9.17) is 0 Å². The lowest BCUT2D eigenvalue weighted by atomic mass is 9.97. The molecule has 0 N–H and O–H groups in total. The summed E-state index contributed by atoms with van der Waals surface area (Å²) in [6.07, 6.45) is -14.7. The Morgan fingerprint density at radius 2 is 1.21 bits per heavy atom. The van der Waals surface area contributed by atoms with Crippen molar-refractivity contribution >= 4 is 19.3 Å². The minimum absolute atomic E-state index is 0.112. The van der Waals surface area contributed by atoms with Crippen LogP contribution in [0, 0.1) is 5.92 Å². The minimum atomic E-state index is -6.48. The average Bonchev–Trinajstić information content (AvgIpc) is 2.33. The van der Waals surface area contributed by atoms with E-state index in [1.807, 2.05) is 0 Å². The molecule has 0 amide bonds. The van der Waals surface area contributed by atoms with Crippen LogP contribution in [0.1, 0.15) is 34.1 Å². The van der Waals surface area contributed by atoms with Crippen LogP contribution >= 0.6 is 0 Å². The standard InChI is InChI=1S/C14H21F7O2Si/c1-8(2)11(3,4)24(5,6)10(23)7-9(22)12(15,13(16,17)18)14(19,20)21/h8H,7H2,1-6H3. The fourth-order valence-electron chi connectivity index (χ4n) is 2.05. The second kappa shape index (κ2) is 6.42. The predicted octanol–water partition coefficient (Wildman–Crippen LogP) is 5.03. The normalized spacial score (nSPS) is 14.9. The third-order valence-electron chi connectivity index (χ3n) is 5.24. The first-order chi connectivity index (χ1) is 10.2. The first-order valence-electron chi connectivity index (χ1n) is 7.13. The average molecular weight is 382 g/mol. The number of carbonyl (C=O) groups is 2. The van der Waals surface area contributed by atoms with Crippen LogP contribution in [0.4, 0.5) is 30.7 Å². The van der Waals surface area contributed by atoms with Crippen molar-refractivity contribution in [3.63, 3.8) is 0 Å².